The highest BCUT2D eigenvalue weighted by Gasteiger charge is 2.16. The van der Waals surface area contributed by atoms with Crippen molar-refractivity contribution in [3.63, 3.8) is 0 Å². The Kier molecular flexibility index (Phi) is 2.90. The molecule has 0 aromatic carbocycles. The second-order valence-electron chi connectivity index (χ2n) is 3.02. The first kappa shape index (κ1) is 9.00. The van der Waals surface area contributed by atoms with Crippen molar-refractivity contribution in [1.82, 2.24) is 4.72 Å². The predicted octanol–water partition coefficient (Wildman–Crippen LogP) is 0.682. The SMILES string of the molecule is CS(=O)(=O)NC1[CH]CCCC1. The molecule has 4 heteroatoms. The Bertz CT molecular complexity index is 204. The molecule has 1 N–H and O–H groups in total. The third kappa shape index (κ3) is 3.72. The lowest BCUT2D eigenvalue weighted by Crippen LogP contribution is -2.35. The number of hydrogen-bond acceptors (Lipinski definition) is 2. The van der Waals surface area contributed by atoms with E-state index in [4.69, 9.17) is 0 Å². The van der Waals surface area contributed by atoms with Crippen LogP contribution in [-0.2, 0) is 10.0 Å². The molecular formula is C7H14NO2S. The third-order valence-corrected chi connectivity index (χ3v) is 2.52. The summed E-state index contributed by atoms with van der Waals surface area (Å²) in [6.07, 6.45) is 7.56. The summed E-state index contributed by atoms with van der Waals surface area (Å²) in [5.41, 5.74) is 0. The van der Waals surface area contributed by atoms with E-state index < -0.39 is 10.0 Å². The van der Waals surface area contributed by atoms with Gasteiger partial charge in [0.05, 0.1) is 6.26 Å². The fraction of sp³-hybridized carbons (Fsp3) is 0.857. The highest BCUT2D eigenvalue weighted by Crippen LogP contribution is 2.16. The van der Waals surface area contributed by atoms with Gasteiger partial charge in [0.15, 0.2) is 0 Å². The first-order valence-electron chi connectivity index (χ1n) is 3.88. The van der Waals surface area contributed by atoms with Crippen LogP contribution in [-0.4, -0.2) is 20.7 Å². The summed E-state index contributed by atoms with van der Waals surface area (Å²) in [5, 5.41) is 0. The van der Waals surface area contributed by atoms with E-state index in [1.807, 2.05) is 6.42 Å². The molecule has 1 radical (unpaired) electrons. The summed E-state index contributed by atoms with van der Waals surface area (Å²) in [5.74, 6) is 0. The van der Waals surface area contributed by atoms with Gasteiger partial charge in [-0.25, -0.2) is 13.1 Å². The molecule has 1 aliphatic carbocycles. The number of sulfonamides is 1. The van der Waals surface area contributed by atoms with Gasteiger partial charge in [-0.3, -0.25) is 0 Å². The molecule has 1 saturated carbocycles. The molecule has 1 rings (SSSR count). The van der Waals surface area contributed by atoms with Crippen molar-refractivity contribution in [2.24, 2.45) is 0 Å². The van der Waals surface area contributed by atoms with E-state index in [2.05, 4.69) is 4.72 Å². The molecule has 0 aromatic heterocycles. The van der Waals surface area contributed by atoms with Crippen LogP contribution < -0.4 is 4.72 Å². The molecule has 1 unspecified atom stereocenters. The van der Waals surface area contributed by atoms with Crippen LogP contribution in [0.5, 0.6) is 0 Å². The molecule has 11 heavy (non-hydrogen) atoms. The Morgan fingerprint density at radius 2 is 2.18 bits per heavy atom. The lowest BCUT2D eigenvalue weighted by molar-refractivity contribution is 0.490. The zero-order chi connectivity index (χ0) is 8.32. The van der Waals surface area contributed by atoms with Gasteiger partial charge in [0, 0.05) is 6.04 Å². The van der Waals surface area contributed by atoms with Crippen LogP contribution in [0.2, 0.25) is 0 Å². The maximum atomic E-state index is 10.8. The van der Waals surface area contributed by atoms with Crippen LogP contribution in [0.4, 0.5) is 0 Å². The average molecular weight is 176 g/mol. The molecule has 3 nitrogen and oxygen atoms in total. The average Bonchev–Trinajstić information content (AvgIpc) is 1.85. The predicted molar refractivity (Wildman–Crippen MR) is 44.5 cm³/mol. The maximum Gasteiger partial charge on any atom is 0.208 e. The van der Waals surface area contributed by atoms with Crippen LogP contribution in [0.3, 0.4) is 0 Å². The highest BCUT2D eigenvalue weighted by atomic mass is 32.2. The van der Waals surface area contributed by atoms with Crippen LogP contribution in [0.15, 0.2) is 0 Å². The van der Waals surface area contributed by atoms with Gasteiger partial charge in [-0.05, 0) is 19.3 Å². The molecule has 0 amide bonds. The second-order valence-corrected chi connectivity index (χ2v) is 4.80. The van der Waals surface area contributed by atoms with E-state index in [0.29, 0.717) is 0 Å². The molecule has 0 saturated heterocycles. The van der Waals surface area contributed by atoms with Gasteiger partial charge in [0.2, 0.25) is 10.0 Å². The molecule has 1 fully saturated rings. The Morgan fingerprint density at radius 1 is 1.45 bits per heavy atom. The molecule has 1 aliphatic rings. The first-order chi connectivity index (χ1) is 5.08. The molecule has 0 spiro atoms. The summed E-state index contributed by atoms with van der Waals surface area (Å²) in [6, 6.07) is 0.0822. The molecule has 0 heterocycles. The smallest absolute Gasteiger partial charge is 0.208 e. The molecule has 0 aliphatic heterocycles. The quantitative estimate of drug-likeness (QED) is 0.672. The second kappa shape index (κ2) is 3.54. The lowest BCUT2D eigenvalue weighted by atomic mass is 9.96. The highest BCUT2D eigenvalue weighted by molar-refractivity contribution is 7.88. The van der Waals surface area contributed by atoms with Gasteiger partial charge >= 0.3 is 0 Å². The zero-order valence-electron chi connectivity index (χ0n) is 6.71. The fourth-order valence-electron chi connectivity index (χ4n) is 1.33. The topological polar surface area (TPSA) is 46.2 Å². The van der Waals surface area contributed by atoms with Crippen molar-refractivity contribution in [1.29, 1.82) is 0 Å². The first-order valence-corrected chi connectivity index (χ1v) is 5.78. The van der Waals surface area contributed by atoms with Crippen molar-refractivity contribution >= 4 is 10.0 Å². The summed E-state index contributed by atoms with van der Waals surface area (Å²) in [6.45, 7) is 0. The minimum atomic E-state index is -3.01. The van der Waals surface area contributed by atoms with E-state index in [1.54, 1.807) is 0 Å². The minimum Gasteiger partial charge on any atom is -0.213 e. The lowest BCUT2D eigenvalue weighted by Gasteiger charge is -2.20. The number of hydrogen-bond donors (Lipinski definition) is 1. The van der Waals surface area contributed by atoms with Gasteiger partial charge in [0.25, 0.3) is 0 Å². The van der Waals surface area contributed by atoms with Gasteiger partial charge < -0.3 is 0 Å². The van der Waals surface area contributed by atoms with Gasteiger partial charge in [-0.2, -0.15) is 0 Å². The Hall–Kier alpha value is -0.0900. The molecule has 0 bridgehead atoms. The number of rotatable bonds is 2. The van der Waals surface area contributed by atoms with E-state index in [0.717, 1.165) is 19.3 Å². The normalized spacial score (nSPS) is 21.9. The molecule has 1 atom stereocenters. The van der Waals surface area contributed by atoms with Gasteiger partial charge in [-0.1, -0.05) is 12.8 Å². The van der Waals surface area contributed by atoms with Crippen molar-refractivity contribution in [3.8, 4) is 0 Å². The largest absolute Gasteiger partial charge is 0.213 e. The zero-order valence-corrected chi connectivity index (χ0v) is 7.52. The third-order valence-electron chi connectivity index (χ3n) is 1.79. The van der Waals surface area contributed by atoms with Crippen molar-refractivity contribution in [2.45, 2.75) is 31.7 Å². The van der Waals surface area contributed by atoms with Crippen molar-refractivity contribution < 1.29 is 8.42 Å². The van der Waals surface area contributed by atoms with Crippen molar-refractivity contribution in [2.75, 3.05) is 6.26 Å². The summed E-state index contributed by atoms with van der Waals surface area (Å²) < 4.78 is 24.1. The molecular weight excluding hydrogens is 162 g/mol. The standard InChI is InChI=1S/C7H14NO2S/c1-11(9,10)8-7-5-3-2-4-6-7/h5,7-8H,2-4,6H2,1H3. The van der Waals surface area contributed by atoms with E-state index in [9.17, 15) is 8.42 Å². The van der Waals surface area contributed by atoms with Crippen LogP contribution in [0.1, 0.15) is 25.7 Å². The minimum absolute atomic E-state index is 0.0822. The summed E-state index contributed by atoms with van der Waals surface area (Å²) in [4.78, 5) is 0. The van der Waals surface area contributed by atoms with E-state index in [1.165, 1.54) is 12.7 Å². The van der Waals surface area contributed by atoms with Crippen LogP contribution in [0, 0.1) is 6.42 Å². The summed E-state index contributed by atoms with van der Waals surface area (Å²) >= 11 is 0. The van der Waals surface area contributed by atoms with Crippen LogP contribution >= 0.6 is 0 Å². The fourth-order valence-corrected chi connectivity index (χ4v) is 2.09. The molecule has 0 aromatic rings. The van der Waals surface area contributed by atoms with Gasteiger partial charge in [-0.15, -0.1) is 0 Å². The number of nitrogens with one attached hydrogen (secondary N) is 1. The molecule has 65 valence electrons. The maximum absolute atomic E-state index is 10.8. The van der Waals surface area contributed by atoms with Gasteiger partial charge in [0.1, 0.15) is 0 Å². The summed E-state index contributed by atoms with van der Waals surface area (Å²) in [7, 11) is -3.01. The van der Waals surface area contributed by atoms with Crippen molar-refractivity contribution in [3.05, 3.63) is 6.42 Å². The van der Waals surface area contributed by atoms with E-state index >= 15 is 0 Å². The Morgan fingerprint density at radius 3 is 2.64 bits per heavy atom. The Balaban J connectivity index is 2.36. The van der Waals surface area contributed by atoms with E-state index in [-0.39, 0.29) is 6.04 Å². The Labute approximate surface area is 68.2 Å². The van der Waals surface area contributed by atoms with Crippen LogP contribution in [0.25, 0.3) is 0 Å². The monoisotopic (exact) mass is 176 g/mol.